The van der Waals surface area contributed by atoms with E-state index in [-0.39, 0.29) is 23.4 Å². The Balaban J connectivity index is 0.00000144. The van der Waals surface area contributed by atoms with E-state index in [9.17, 15) is 19.8 Å². The van der Waals surface area contributed by atoms with E-state index in [4.69, 9.17) is 0 Å². The van der Waals surface area contributed by atoms with E-state index < -0.39 is 11.9 Å². The van der Waals surface area contributed by atoms with Crippen molar-refractivity contribution in [2.24, 2.45) is 0 Å². The van der Waals surface area contributed by atoms with Crippen LogP contribution >= 0.6 is 0 Å². The molecule has 0 heterocycles. The van der Waals surface area contributed by atoms with E-state index in [1.807, 2.05) is 0 Å². The highest BCUT2D eigenvalue weighted by Gasteiger charge is 1.99. The highest BCUT2D eigenvalue weighted by molar-refractivity contribution is 5.97. The lowest BCUT2D eigenvalue weighted by molar-refractivity contribution is -0.256. The molecule has 0 saturated carbocycles. The van der Waals surface area contributed by atoms with Gasteiger partial charge in [-0.15, -0.1) is 0 Å². The minimum Gasteiger partial charge on any atom is -0.545 e. The van der Waals surface area contributed by atoms with Crippen LogP contribution in [-0.2, 0) is 0 Å². The molecule has 2 aromatic carbocycles. The average Bonchev–Trinajstić information content (AvgIpc) is 2.27. The van der Waals surface area contributed by atoms with E-state index in [2.05, 4.69) is 0 Å². The number of hydrogen-bond acceptors (Lipinski definition) is 4. The Morgan fingerprint density at radius 1 is 0.722 bits per heavy atom. The Hall–Kier alpha value is -2.44. The maximum absolute atomic E-state index is 10.6. The number of carboxylic acids is 2. The molecule has 8 N–H and O–H groups in total. The molecule has 0 spiro atoms. The number of benzene rings is 2. The molecule has 0 radical (unpaired) electrons. The van der Waals surface area contributed by atoms with Gasteiger partial charge in [0.05, 0.1) is 11.9 Å². The molecule has 0 aromatic heterocycles. The zero-order valence-electron chi connectivity index (χ0n) is 10.1. The van der Waals surface area contributed by atoms with Crippen LogP contribution in [0.1, 0.15) is 20.7 Å². The molecule has 0 fully saturated rings. The summed E-state index contributed by atoms with van der Waals surface area (Å²) in [5, 5.41) is 22.5. The zero-order chi connectivity index (χ0) is 11.7. The smallest absolute Gasteiger partial charge is 0.0715 e. The van der Waals surface area contributed by atoms with Crippen molar-refractivity contribution in [2.75, 3.05) is 0 Å². The second-order valence-corrected chi connectivity index (χ2v) is 3.35. The van der Waals surface area contributed by atoms with Gasteiger partial charge in [0.2, 0.25) is 0 Å². The lowest BCUT2D eigenvalue weighted by Gasteiger charge is -2.07. The molecule has 6 heteroatoms. The predicted octanol–water partition coefficient (Wildman–Crippen LogP) is 0.319. The van der Waals surface area contributed by atoms with Crippen molar-refractivity contribution in [1.29, 1.82) is 0 Å². The van der Waals surface area contributed by atoms with Crippen LogP contribution in [0.5, 0.6) is 0 Å². The molecular weight excluding hydrogens is 236 g/mol. The fraction of sp³-hybridized carbons (Fsp3) is 0. The molecule has 18 heavy (non-hydrogen) atoms. The maximum Gasteiger partial charge on any atom is 0.0715 e. The zero-order valence-corrected chi connectivity index (χ0v) is 10.1. The van der Waals surface area contributed by atoms with Gasteiger partial charge >= 0.3 is 0 Å². The highest BCUT2D eigenvalue weighted by Crippen LogP contribution is 2.17. The topological polar surface area (TPSA) is 153 Å². The van der Waals surface area contributed by atoms with Crippen molar-refractivity contribution < 1.29 is 19.8 Å². The molecule has 2 rings (SSSR count). The number of hydrogen-bond donors (Lipinski definition) is 2. The second kappa shape index (κ2) is 5.76. The molecular formula is C12H14N2O4. The van der Waals surface area contributed by atoms with Crippen molar-refractivity contribution in [2.45, 2.75) is 0 Å². The monoisotopic (exact) mass is 250 g/mol. The normalized spacial score (nSPS) is 9.11. The van der Waals surface area contributed by atoms with Gasteiger partial charge in [-0.2, -0.15) is 0 Å². The van der Waals surface area contributed by atoms with Crippen LogP contribution in [0.2, 0.25) is 0 Å². The third-order valence-corrected chi connectivity index (χ3v) is 2.31. The molecule has 0 aliphatic carbocycles. The summed E-state index contributed by atoms with van der Waals surface area (Å²) in [5.74, 6) is -2.58. The Labute approximate surface area is 103 Å². The van der Waals surface area contributed by atoms with Crippen LogP contribution in [-0.4, -0.2) is 11.9 Å². The van der Waals surface area contributed by atoms with Crippen LogP contribution in [0.4, 0.5) is 0 Å². The first-order valence-corrected chi connectivity index (χ1v) is 4.54. The molecule has 6 nitrogen and oxygen atoms in total. The fourth-order valence-electron chi connectivity index (χ4n) is 1.50. The number of fused-ring (bicyclic) bond motifs is 1. The summed E-state index contributed by atoms with van der Waals surface area (Å²) >= 11 is 0. The molecule has 0 saturated heterocycles. The lowest BCUT2D eigenvalue weighted by Crippen LogP contribution is -2.22. The molecule has 96 valence electrons. The number of aromatic carboxylic acids is 2. The molecule has 0 aliphatic heterocycles. The van der Waals surface area contributed by atoms with Gasteiger partial charge in [0.15, 0.2) is 0 Å². The molecule has 0 amide bonds. The van der Waals surface area contributed by atoms with Crippen LogP contribution in [0, 0.1) is 0 Å². The van der Waals surface area contributed by atoms with Crippen molar-refractivity contribution in [1.82, 2.24) is 12.3 Å². The third kappa shape index (κ3) is 2.82. The van der Waals surface area contributed by atoms with Gasteiger partial charge in [-0.25, -0.2) is 0 Å². The summed E-state index contributed by atoms with van der Waals surface area (Å²) in [6.45, 7) is 0. The summed E-state index contributed by atoms with van der Waals surface area (Å²) in [5.41, 5.74) is 0.0333. The first-order chi connectivity index (χ1) is 7.58. The van der Waals surface area contributed by atoms with Gasteiger partial charge in [-0.1, -0.05) is 24.3 Å². The van der Waals surface area contributed by atoms with Crippen LogP contribution in [0.25, 0.3) is 10.8 Å². The average molecular weight is 250 g/mol. The molecule has 0 atom stereocenters. The van der Waals surface area contributed by atoms with Gasteiger partial charge in [-0.3, -0.25) is 0 Å². The van der Waals surface area contributed by atoms with Gasteiger partial charge < -0.3 is 32.1 Å². The molecule has 0 unspecified atom stereocenters. The summed E-state index contributed by atoms with van der Waals surface area (Å²) in [4.78, 5) is 21.2. The van der Waals surface area contributed by atoms with E-state index in [1.54, 1.807) is 12.1 Å². The van der Waals surface area contributed by atoms with E-state index in [0.29, 0.717) is 5.39 Å². The van der Waals surface area contributed by atoms with Crippen molar-refractivity contribution >= 4 is 22.7 Å². The number of carbonyl (C=O) groups excluding carboxylic acids is 2. The number of carbonyl (C=O) groups is 2. The van der Waals surface area contributed by atoms with Gasteiger partial charge in [0, 0.05) is 0 Å². The first kappa shape index (κ1) is 15.6. The summed E-state index contributed by atoms with van der Waals surface area (Å²) in [6, 6.07) is 8.76. The lowest BCUT2D eigenvalue weighted by atomic mass is 10.0. The Kier molecular flexibility index (Phi) is 4.98. The van der Waals surface area contributed by atoms with Crippen molar-refractivity contribution in [3.8, 4) is 0 Å². The van der Waals surface area contributed by atoms with Crippen LogP contribution in [0.3, 0.4) is 0 Å². The second-order valence-electron chi connectivity index (χ2n) is 3.35. The highest BCUT2D eigenvalue weighted by atomic mass is 16.4. The standard InChI is InChI=1S/C12H8O4.2H3N/c13-11(14)8-3-1-7-2-4-9(12(15)16)6-10(7)5-8;;/h1-6H,(H,13,14)(H,15,16);2*1H3. The van der Waals surface area contributed by atoms with E-state index >= 15 is 0 Å². The number of rotatable bonds is 2. The number of carboxylic acid groups (broad SMARTS) is 2. The van der Waals surface area contributed by atoms with Gasteiger partial charge in [0.1, 0.15) is 0 Å². The Morgan fingerprint density at radius 2 is 1.11 bits per heavy atom. The molecule has 2 aromatic rings. The van der Waals surface area contributed by atoms with Crippen LogP contribution < -0.4 is 22.5 Å². The predicted molar refractivity (Wildman–Crippen MR) is 64.6 cm³/mol. The van der Waals surface area contributed by atoms with E-state index in [1.165, 1.54) is 24.3 Å². The third-order valence-electron chi connectivity index (χ3n) is 2.31. The van der Waals surface area contributed by atoms with Gasteiger partial charge in [-0.05, 0) is 34.0 Å². The maximum atomic E-state index is 10.6. The number of quaternary nitrogens is 2. The minimum atomic E-state index is -1.29. The fourth-order valence-corrected chi connectivity index (χ4v) is 1.50. The van der Waals surface area contributed by atoms with E-state index in [0.717, 1.165) is 5.39 Å². The largest absolute Gasteiger partial charge is 0.545 e. The van der Waals surface area contributed by atoms with Crippen molar-refractivity contribution in [3.63, 3.8) is 0 Å². The molecule has 0 aliphatic rings. The molecule has 0 bridgehead atoms. The summed E-state index contributed by atoms with van der Waals surface area (Å²) < 4.78 is 0. The SMILES string of the molecule is O=C([O-])c1ccc2ccc(C(=O)[O-])cc2c1.[NH4+].[NH4+]. The minimum absolute atomic E-state index is 0. The summed E-state index contributed by atoms with van der Waals surface area (Å²) in [7, 11) is 0. The van der Waals surface area contributed by atoms with Crippen molar-refractivity contribution in [3.05, 3.63) is 47.5 Å². The van der Waals surface area contributed by atoms with Crippen LogP contribution in [0.15, 0.2) is 36.4 Å². The summed E-state index contributed by atoms with van der Waals surface area (Å²) in [6.07, 6.45) is 0. The first-order valence-electron chi connectivity index (χ1n) is 4.54. The Bertz CT molecular complexity index is 547. The van der Waals surface area contributed by atoms with Gasteiger partial charge in [0.25, 0.3) is 0 Å². The quantitative estimate of drug-likeness (QED) is 0.787. The Morgan fingerprint density at radius 3 is 1.44 bits per heavy atom.